The Morgan fingerprint density at radius 3 is 2.67 bits per heavy atom. The minimum absolute atomic E-state index is 0.0443. The van der Waals surface area contributed by atoms with Crippen molar-refractivity contribution < 1.29 is 0 Å². The van der Waals surface area contributed by atoms with Crippen LogP contribution in [0.5, 0.6) is 0 Å². The number of fused-ring (bicyclic) bond motifs is 1. The van der Waals surface area contributed by atoms with Gasteiger partial charge in [-0.3, -0.25) is 9.36 Å². The van der Waals surface area contributed by atoms with Gasteiger partial charge in [0.25, 0.3) is 5.56 Å². The molecule has 4 aromatic rings. The molecule has 132 valence electrons. The van der Waals surface area contributed by atoms with E-state index in [0.29, 0.717) is 27.0 Å². The lowest BCUT2D eigenvalue weighted by molar-refractivity contribution is 0.731. The van der Waals surface area contributed by atoms with Crippen LogP contribution in [0.4, 0.5) is 0 Å². The quantitative estimate of drug-likeness (QED) is 0.381. The van der Waals surface area contributed by atoms with Crippen molar-refractivity contribution in [1.82, 2.24) is 19.5 Å². The number of nitrogens with zero attached hydrogens (tertiary/aromatic N) is 5. The molecule has 1 aromatic carbocycles. The van der Waals surface area contributed by atoms with Crippen LogP contribution in [-0.2, 0) is 12.3 Å². The van der Waals surface area contributed by atoms with Crippen molar-refractivity contribution in [3.63, 3.8) is 0 Å². The zero-order chi connectivity index (χ0) is 18.6. The Hall–Kier alpha value is -3.02. The maximum atomic E-state index is 13.1. The molecule has 0 saturated heterocycles. The van der Waals surface area contributed by atoms with Crippen molar-refractivity contribution >= 4 is 33.3 Å². The van der Waals surface area contributed by atoms with E-state index in [1.165, 1.54) is 27.7 Å². The second-order valence-corrected chi connectivity index (χ2v) is 7.39. The maximum Gasteiger partial charge on any atom is 0.263 e. The molecule has 0 aliphatic carbocycles. The first-order valence-electron chi connectivity index (χ1n) is 8.11. The fourth-order valence-electron chi connectivity index (χ4n) is 2.73. The summed E-state index contributed by atoms with van der Waals surface area (Å²) in [5.41, 5.74) is 1.63. The Bertz CT molecular complexity index is 1180. The molecule has 6 nitrogen and oxygen atoms in total. The van der Waals surface area contributed by atoms with Crippen molar-refractivity contribution in [2.75, 3.05) is 0 Å². The van der Waals surface area contributed by atoms with E-state index in [1.54, 1.807) is 18.5 Å². The van der Waals surface area contributed by atoms with E-state index in [4.69, 9.17) is 0 Å². The minimum atomic E-state index is -0.189. The summed E-state index contributed by atoms with van der Waals surface area (Å²) in [6.45, 7) is -0.0443. The molecule has 0 fully saturated rings. The second-order valence-electron chi connectivity index (χ2n) is 5.59. The van der Waals surface area contributed by atoms with Crippen LogP contribution in [0.1, 0.15) is 5.82 Å². The standard InChI is InChI=1S/C19H13N5OS2/c20-7-10-24-15(12-27-19-21-8-4-9-22-19)23-17-16(18(24)25)14(11-26-17)13-5-2-1-3-6-13/h1-6,8-9,11H,10,12H2. The van der Waals surface area contributed by atoms with Crippen LogP contribution in [0.3, 0.4) is 0 Å². The predicted octanol–water partition coefficient (Wildman–Crippen LogP) is 3.73. The molecule has 0 bridgehead atoms. The van der Waals surface area contributed by atoms with Crippen LogP contribution < -0.4 is 5.56 Å². The summed E-state index contributed by atoms with van der Waals surface area (Å²) in [5.74, 6) is 0.961. The zero-order valence-corrected chi connectivity index (χ0v) is 15.7. The molecule has 27 heavy (non-hydrogen) atoms. The third-order valence-electron chi connectivity index (χ3n) is 3.96. The SMILES string of the molecule is N#CCn1c(CSc2ncccn2)nc2scc(-c3ccccc3)c2c1=O. The summed E-state index contributed by atoms with van der Waals surface area (Å²) < 4.78 is 1.44. The lowest BCUT2D eigenvalue weighted by Gasteiger charge is -2.09. The van der Waals surface area contributed by atoms with E-state index < -0.39 is 0 Å². The molecule has 0 aliphatic heterocycles. The first-order chi connectivity index (χ1) is 13.3. The topological polar surface area (TPSA) is 84.5 Å². The molecule has 0 N–H and O–H groups in total. The van der Waals surface area contributed by atoms with Gasteiger partial charge in [0.05, 0.1) is 17.2 Å². The van der Waals surface area contributed by atoms with Gasteiger partial charge < -0.3 is 0 Å². The van der Waals surface area contributed by atoms with Gasteiger partial charge in [-0.15, -0.1) is 11.3 Å². The number of hydrogen-bond donors (Lipinski definition) is 0. The molecule has 0 saturated carbocycles. The van der Waals surface area contributed by atoms with Gasteiger partial charge in [-0.1, -0.05) is 42.1 Å². The van der Waals surface area contributed by atoms with Gasteiger partial charge in [0, 0.05) is 23.3 Å². The first kappa shape index (κ1) is 17.4. The molecule has 0 aliphatic rings. The van der Waals surface area contributed by atoms with Crippen LogP contribution >= 0.6 is 23.1 Å². The van der Waals surface area contributed by atoms with E-state index in [1.807, 2.05) is 35.7 Å². The minimum Gasteiger partial charge on any atom is -0.281 e. The Morgan fingerprint density at radius 2 is 1.93 bits per heavy atom. The van der Waals surface area contributed by atoms with Crippen LogP contribution in [0.25, 0.3) is 21.3 Å². The number of thiophene rings is 1. The lowest BCUT2D eigenvalue weighted by atomic mass is 10.1. The van der Waals surface area contributed by atoms with Gasteiger partial charge in [-0.25, -0.2) is 15.0 Å². The highest BCUT2D eigenvalue weighted by atomic mass is 32.2. The highest BCUT2D eigenvalue weighted by molar-refractivity contribution is 7.98. The average Bonchev–Trinajstić information content (AvgIpc) is 3.14. The van der Waals surface area contributed by atoms with E-state index >= 15 is 0 Å². The first-order valence-corrected chi connectivity index (χ1v) is 9.97. The number of rotatable bonds is 5. The van der Waals surface area contributed by atoms with Crippen molar-refractivity contribution in [2.24, 2.45) is 0 Å². The summed E-state index contributed by atoms with van der Waals surface area (Å²) in [7, 11) is 0. The van der Waals surface area contributed by atoms with Crippen LogP contribution in [0.15, 0.2) is 64.1 Å². The van der Waals surface area contributed by atoms with E-state index in [0.717, 1.165) is 11.1 Å². The van der Waals surface area contributed by atoms with Crippen LogP contribution in [-0.4, -0.2) is 19.5 Å². The molecular weight excluding hydrogens is 378 g/mol. The largest absolute Gasteiger partial charge is 0.281 e. The van der Waals surface area contributed by atoms with Crippen molar-refractivity contribution in [3.8, 4) is 17.2 Å². The second kappa shape index (κ2) is 7.70. The van der Waals surface area contributed by atoms with Gasteiger partial charge >= 0.3 is 0 Å². The van der Waals surface area contributed by atoms with Gasteiger partial charge in [0.2, 0.25) is 0 Å². The lowest BCUT2D eigenvalue weighted by Crippen LogP contribution is -2.24. The summed E-state index contributed by atoms with van der Waals surface area (Å²) in [6.07, 6.45) is 3.33. The monoisotopic (exact) mass is 391 g/mol. The highest BCUT2D eigenvalue weighted by Gasteiger charge is 2.17. The molecule has 0 amide bonds. The van der Waals surface area contributed by atoms with Gasteiger partial charge in [0.15, 0.2) is 5.16 Å². The number of aromatic nitrogens is 4. The van der Waals surface area contributed by atoms with Crippen LogP contribution in [0, 0.1) is 11.3 Å². The Kier molecular flexibility index (Phi) is 4.96. The third-order valence-corrected chi connectivity index (χ3v) is 5.70. The number of nitriles is 1. The van der Waals surface area contributed by atoms with Crippen molar-refractivity contribution in [1.29, 1.82) is 5.26 Å². The van der Waals surface area contributed by atoms with Crippen LogP contribution in [0.2, 0.25) is 0 Å². The number of benzene rings is 1. The molecule has 8 heteroatoms. The Balaban J connectivity index is 1.80. The van der Waals surface area contributed by atoms with Crippen molar-refractivity contribution in [2.45, 2.75) is 17.5 Å². The molecule has 0 spiro atoms. The molecular formula is C19H13N5OS2. The molecule has 0 radical (unpaired) electrons. The van der Waals surface area contributed by atoms with Gasteiger partial charge in [-0.2, -0.15) is 5.26 Å². The molecule has 0 atom stereocenters. The molecule has 3 aromatic heterocycles. The normalized spacial score (nSPS) is 10.8. The van der Waals surface area contributed by atoms with E-state index in [9.17, 15) is 10.1 Å². The van der Waals surface area contributed by atoms with Crippen molar-refractivity contribution in [3.05, 3.63) is 70.4 Å². The predicted molar refractivity (Wildman–Crippen MR) is 107 cm³/mol. The number of thioether (sulfide) groups is 1. The fraction of sp³-hybridized carbons (Fsp3) is 0.105. The summed E-state index contributed by atoms with van der Waals surface area (Å²) >= 11 is 2.82. The van der Waals surface area contributed by atoms with E-state index in [2.05, 4.69) is 21.0 Å². The summed E-state index contributed by atoms with van der Waals surface area (Å²) in [6, 6.07) is 13.5. The fourth-order valence-corrected chi connectivity index (χ4v) is 4.44. The summed E-state index contributed by atoms with van der Waals surface area (Å²) in [4.78, 5) is 26.8. The highest BCUT2D eigenvalue weighted by Crippen LogP contribution is 2.31. The Labute approximate surface area is 163 Å². The average molecular weight is 391 g/mol. The van der Waals surface area contributed by atoms with Gasteiger partial charge in [0.1, 0.15) is 17.2 Å². The number of hydrogen-bond acceptors (Lipinski definition) is 7. The smallest absolute Gasteiger partial charge is 0.263 e. The summed E-state index contributed by atoms with van der Waals surface area (Å²) in [5, 5.41) is 12.3. The van der Waals surface area contributed by atoms with E-state index in [-0.39, 0.29) is 12.1 Å². The van der Waals surface area contributed by atoms with Gasteiger partial charge in [-0.05, 0) is 11.6 Å². The zero-order valence-electron chi connectivity index (χ0n) is 14.1. The molecule has 0 unspecified atom stereocenters. The molecule has 3 heterocycles. The maximum absolute atomic E-state index is 13.1. The Morgan fingerprint density at radius 1 is 1.15 bits per heavy atom. The molecule has 4 rings (SSSR count). The third kappa shape index (κ3) is 3.47.